The second-order valence-electron chi connectivity index (χ2n) is 5.79. The molecular weight excluding hydrogens is 360 g/mol. The molecule has 2 aromatic rings. The average Bonchev–Trinajstić information content (AvgIpc) is 2.54. The summed E-state index contributed by atoms with van der Waals surface area (Å²) in [7, 11) is -3.65. The number of para-hydroxylation sites is 1. The van der Waals surface area contributed by atoms with Crippen LogP contribution >= 0.6 is 11.6 Å². The second kappa shape index (κ2) is 7.89. The van der Waals surface area contributed by atoms with Crippen molar-refractivity contribution in [1.29, 1.82) is 0 Å². The molecule has 0 aliphatic heterocycles. The van der Waals surface area contributed by atoms with Gasteiger partial charge in [0, 0.05) is 0 Å². The zero-order valence-corrected chi connectivity index (χ0v) is 15.9. The molecule has 0 heterocycles. The second-order valence-corrected chi connectivity index (χ2v) is 8.05. The number of anilines is 2. The van der Waals surface area contributed by atoms with E-state index in [1.54, 1.807) is 43.3 Å². The lowest BCUT2D eigenvalue weighted by Crippen LogP contribution is -2.47. The van der Waals surface area contributed by atoms with Gasteiger partial charge in [-0.2, -0.15) is 0 Å². The fraction of sp³-hybridized carbons (Fsp3) is 0.278. The monoisotopic (exact) mass is 380 g/mol. The van der Waals surface area contributed by atoms with Crippen LogP contribution in [0.3, 0.4) is 0 Å². The van der Waals surface area contributed by atoms with Gasteiger partial charge in [-0.1, -0.05) is 48.4 Å². The molecule has 0 radical (unpaired) electrons. The Balaban J connectivity index is 2.38. The largest absolute Gasteiger partial charge is 0.323 e. The molecule has 0 spiro atoms. The summed E-state index contributed by atoms with van der Waals surface area (Å²) in [6.07, 6.45) is 1.41. The molecule has 1 atom stereocenters. The van der Waals surface area contributed by atoms with E-state index >= 15 is 0 Å². The minimum atomic E-state index is -3.65. The lowest BCUT2D eigenvalue weighted by molar-refractivity contribution is -0.117. The van der Waals surface area contributed by atoms with E-state index in [1.807, 2.05) is 19.1 Å². The van der Waals surface area contributed by atoms with Crippen molar-refractivity contribution in [2.75, 3.05) is 15.9 Å². The topological polar surface area (TPSA) is 66.5 Å². The number of hydrogen-bond donors (Lipinski definition) is 1. The van der Waals surface area contributed by atoms with Gasteiger partial charge in [-0.15, -0.1) is 0 Å². The van der Waals surface area contributed by atoms with E-state index < -0.39 is 22.0 Å². The predicted octanol–water partition coefficient (Wildman–Crippen LogP) is 3.83. The van der Waals surface area contributed by atoms with Gasteiger partial charge in [-0.05, 0) is 37.6 Å². The smallest absolute Gasteiger partial charge is 0.248 e. The Morgan fingerprint density at radius 2 is 1.76 bits per heavy atom. The lowest BCUT2D eigenvalue weighted by atomic mass is 10.1. The van der Waals surface area contributed by atoms with Crippen LogP contribution < -0.4 is 9.62 Å². The van der Waals surface area contributed by atoms with Crippen LogP contribution in [0.1, 0.15) is 18.9 Å². The maximum atomic E-state index is 12.7. The number of halogens is 1. The van der Waals surface area contributed by atoms with Gasteiger partial charge < -0.3 is 5.32 Å². The first-order valence-corrected chi connectivity index (χ1v) is 10.1. The Labute approximate surface area is 153 Å². The molecule has 1 N–H and O–H groups in total. The Morgan fingerprint density at radius 1 is 1.16 bits per heavy atom. The van der Waals surface area contributed by atoms with Crippen LogP contribution in [0.2, 0.25) is 5.02 Å². The first-order chi connectivity index (χ1) is 11.7. The summed E-state index contributed by atoms with van der Waals surface area (Å²) < 4.78 is 25.9. The molecule has 134 valence electrons. The summed E-state index contributed by atoms with van der Waals surface area (Å²) in [5.41, 5.74) is 1.91. The molecule has 0 fully saturated rings. The van der Waals surface area contributed by atoms with Gasteiger partial charge >= 0.3 is 0 Å². The normalized spacial score (nSPS) is 12.5. The number of nitrogens with zero attached hydrogens (tertiary/aromatic N) is 1. The average molecular weight is 381 g/mol. The number of hydrogen-bond acceptors (Lipinski definition) is 3. The van der Waals surface area contributed by atoms with Crippen molar-refractivity contribution in [3.63, 3.8) is 0 Å². The maximum absolute atomic E-state index is 12.7. The van der Waals surface area contributed by atoms with E-state index in [1.165, 1.54) is 0 Å². The molecule has 0 aliphatic carbocycles. The van der Waals surface area contributed by atoms with Crippen LogP contribution in [0.4, 0.5) is 11.4 Å². The van der Waals surface area contributed by atoms with Crippen LogP contribution in [0.25, 0.3) is 0 Å². The molecule has 2 rings (SSSR count). The Kier molecular flexibility index (Phi) is 6.08. The fourth-order valence-corrected chi connectivity index (χ4v) is 3.93. The first kappa shape index (κ1) is 19.3. The van der Waals surface area contributed by atoms with E-state index in [2.05, 4.69) is 5.32 Å². The quantitative estimate of drug-likeness (QED) is 0.828. The number of carbonyl (C=O) groups is 1. The molecule has 1 amide bonds. The number of nitrogens with one attached hydrogen (secondary N) is 1. The summed E-state index contributed by atoms with van der Waals surface area (Å²) in [6, 6.07) is 13.0. The molecular formula is C18H21ClN2O3S. The Hall–Kier alpha value is -2.05. The third-order valence-electron chi connectivity index (χ3n) is 3.75. The fourth-order valence-electron chi connectivity index (χ4n) is 2.53. The van der Waals surface area contributed by atoms with Crippen LogP contribution in [0, 0.1) is 6.92 Å². The highest BCUT2D eigenvalue weighted by molar-refractivity contribution is 7.92. The summed E-state index contributed by atoms with van der Waals surface area (Å²) in [6.45, 7) is 3.68. The summed E-state index contributed by atoms with van der Waals surface area (Å²) in [4.78, 5) is 12.7. The SMILES string of the molecule is CCC(C(=O)Nc1ccccc1Cl)N(c1ccc(C)cc1)S(C)(=O)=O. The van der Waals surface area contributed by atoms with Gasteiger partial charge in [0.05, 0.1) is 22.7 Å². The van der Waals surface area contributed by atoms with Crippen molar-refractivity contribution in [3.05, 3.63) is 59.1 Å². The number of aryl methyl sites for hydroxylation is 1. The first-order valence-electron chi connectivity index (χ1n) is 7.85. The van der Waals surface area contributed by atoms with Gasteiger partial charge in [0.2, 0.25) is 15.9 Å². The lowest BCUT2D eigenvalue weighted by Gasteiger charge is -2.30. The van der Waals surface area contributed by atoms with E-state index in [0.717, 1.165) is 16.1 Å². The molecule has 0 aromatic heterocycles. The number of rotatable bonds is 6. The summed E-state index contributed by atoms with van der Waals surface area (Å²) in [5.74, 6) is -0.429. The number of amides is 1. The van der Waals surface area contributed by atoms with Gasteiger partial charge in [-0.25, -0.2) is 8.42 Å². The molecule has 2 aromatic carbocycles. The van der Waals surface area contributed by atoms with Gasteiger partial charge in [0.25, 0.3) is 0 Å². The van der Waals surface area contributed by atoms with E-state index in [0.29, 0.717) is 22.8 Å². The maximum Gasteiger partial charge on any atom is 0.248 e. The van der Waals surface area contributed by atoms with Crippen molar-refractivity contribution in [3.8, 4) is 0 Å². The van der Waals surface area contributed by atoms with Crippen molar-refractivity contribution >= 4 is 38.9 Å². The van der Waals surface area contributed by atoms with Gasteiger partial charge in [0.15, 0.2) is 0 Å². The van der Waals surface area contributed by atoms with Crippen LogP contribution in [-0.4, -0.2) is 26.6 Å². The number of benzene rings is 2. The molecule has 25 heavy (non-hydrogen) atoms. The highest BCUT2D eigenvalue weighted by Gasteiger charge is 2.31. The van der Waals surface area contributed by atoms with Crippen molar-refractivity contribution in [2.45, 2.75) is 26.3 Å². The zero-order valence-electron chi connectivity index (χ0n) is 14.4. The van der Waals surface area contributed by atoms with Crippen LogP contribution in [0.5, 0.6) is 0 Å². The van der Waals surface area contributed by atoms with Gasteiger partial charge in [-0.3, -0.25) is 9.10 Å². The minimum Gasteiger partial charge on any atom is -0.323 e. The third-order valence-corrected chi connectivity index (χ3v) is 5.26. The molecule has 0 saturated carbocycles. The molecule has 0 saturated heterocycles. The minimum absolute atomic E-state index is 0.317. The Morgan fingerprint density at radius 3 is 2.28 bits per heavy atom. The van der Waals surface area contributed by atoms with E-state index in [4.69, 9.17) is 11.6 Å². The molecule has 0 aliphatic rings. The van der Waals surface area contributed by atoms with Crippen LogP contribution in [-0.2, 0) is 14.8 Å². The molecule has 7 heteroatoms. The molecule has 5 nitrogen and oxygen atoms in total. The number of sulfonamides is 1. The predicted molar refractivity (Wildman–Crippen MR) is 103 cm³/mol. The highest BCUT2D eigenvalue weighted by atomic mass is 35.5. The third kappa shape index (κ3) is 4.74. The van der Waals surface area contributed by atoms with E-state index in [-0.39, 0.29) is 0 Å². The Bertz CT molecular complexity index is 851. The summed E-state index contributed by atoms with van der Waals surface area (Å²) in [5, 5.41) is 3.11. The van der Waals surface area contributed by atoms with Crippen LogP contribution in [0.15, 0.2) is 48.5 Å². The zero-order chi connectivity index (χ0) is 18.6. The van der Waals surface area contributed by atoms with Crippen molar-refractivity contribution < 1.29 is 13.2 Å². The van der Waals surface area contributed by atoms with Crippen molar-refractivity contribution in [2.24, 2.45) is 0 Å². The number of carbonyl (C=O) groups excluding carboxylic acids is 1. The van der Waals surface area contributed by atoms with Crippen molar-refractivity contribution in [1.82, 2.24) is 0 Å². The summed E-state index contributed by atoms with van der Waals surface area (Å²) >= 11 is 6.07. The highest BCUT2D eigenvalue weighted by Crippen LogP contribution is 2.25. The standard InChI is InChI=1S/C18H21ClN2O3S/c1-4-17(18(22)20-16-8-6-5-7-15(16)19)21(25(3,23)24)14-11-9-13(2)10-12-14/h5-12,17H,4H2,1-3H3,(H,20,22). The van der Waals surface area contributed by atoms with E-state index in [9.17, 15) is 13.2 Å². The molecule has 0 bridgehead atoms. The molecule has 1 unspecified atom stereocenters. The van der Waals surface area contributed by atoms with Gasteiger partial charge in [0.1, 0.15) is 6.04 Å².